The van der Waals surface area contributed by atoms with E-state index in [0.717, 1.165) is 0 Å². The number of nitrogens with zero attached hydrogens (tertiary/aromatic N) is 6. The number of carbonyl (C=O) groups excluding carboxylic acids is 1. The lowest BCUT2D eigenvalue weighted by molar-refractivity contribution is -0.121. The highest BCUT2D eigenvalue weighted by atomic mass is 16.2. The highest BCUT2D eigenvalue weighted by Gasteiger charge is 2.13. The third-order valence-electron chi connectivity index (χ3n) is 4.41. The number of aryl methyl sites for hydroxylation is 1. The molecule has 10 nitrogen and oxygen atoms in total. The molecule has 0 aliphatic rings. The number of rotatable bonds is 6. The van der Waals surface area contributed by atoms with E-state index in [1.54, 1.807) is 39.2 Å². The van der Waals surface area contributed by atoms with Crippen molar-refractivity contribution in [1.82, 2.24) is 34.2 Å². The molecule has 0 saturated heterocycles. The van der Waals surface area contributed by atoms with Crippen LogP contribution in [0.2, 0.25) is 0 Å². The Morgan fingerprint density at radius 1 is 1.18 bits per heavy atom. The molecule has 3 heterocycles. The van der Waals surface area contributed by atoms with Gasteiger partial charge in [-0.1, -0.05) is 6.07 Å². The van der Waals surface area contributed by atoms with E-state index < -0.39 is 0 Å². The van der Waals surface area contributed by atoms with E-state index in [-0.39, 0.29) is 36.8 Å². The molecule has 3 aromatic rings. The van der Waals surface area contributed by atoms with Gasteiger partial charge in [0.25, 0.3) is 5.56 Å². The van der Waals surface area contributed by atoms with Gasteiger partial charge in [0.2, 0.25) is 5.91 Å². The number of amides is 1. The molecule has 0 radical (unpaired) electrons. The van der Waals surface area contributed by atoms with Crippen molar-refractivity contribution in [3.05, 3.63) is 62.8 Å². The molecular weight excluding hydrogens is 362 g/mol. The standard InChI is InChI=1S/C18H21N7O3/c1-12-13(2)21-11-24(17(12)27)10-15(26)20-8-9-25-18(28)23(3)16(22-25)14-6-4-5-7-19-14/h4-7,11H,8-10H2,1-3H3,(H,20,26). The zero-order valence-corrected chi connectivity index (χ0v) is 15.9. The van der Waals surface area contributed by atoms with Gasteiger partial charge in [-0.2, -0.15) is 0 Å². The third-order valence-corrected chi connectivity index (χ3v) is 4.41. The van der Waals surface area contributed by atoms with Crippen LogP contribution < -0.4 is 16.6 Å². The van der Waals surface area contributed by atoms with Gasteiger partial charge in [0.15, 0.2) is 5.82 Å². The maximum Gasteiger partial charge on any atom is 0.346 e. The summed E-state index contributed by atoms with van der Waals surface area (Å²) in [7, 11) is 1.62. The molecular formula is C18H21N7O3. The van der Waals surface area contributed by atoms with Crippen LogP contribution in [0.15, 0.2) is 40.3 Å². The van der Waals surface area contributed by atoms with Crippen molar-refractivity contribution in [3.63, 3.8) is 0 Å². The molecule has 0 aliphatic heterocycles. The number of pyridine rings is 1. The first-order chi connectivity index (χ1) is 13.4. The molecule has 1 N–H and O–H groups in total. The second-order valence-corrected chi connectivity index (χ2v) is 6.34. The minimum absolute atomic E-state index is 0.136. The number of nitrogens with one attached hydrogen (secondary N) is 1. The van der Waals surface area contributed by atoms with Crippen LogP contribution >= 0.6 is 0 Å². The van der Waals surface area contributed by atoms with Crippen molar-refractivity contribution < 1.29 is 4.79 Å². The van der Waals surface area contributed by atoms with Crippen LogP contribution in [0.5, 0.6) is 0 Å². The van der Waals surface area contributed by atoms with Crippen LogP contribution in [-0.2, 0) is 24.9 Å². The molecule has 1 amide bonds. The maximum absolute atomic E-state index is 12.3. The molecule has 0 aromatic carbocycles. The average Bonchev–Trinajstić information content (AvgIpc) is 2.98. The molecule has 3 rings (SSSR count). The number of hydrogen-bond acceptors (Lipinski definition) is 6. The summed E-state index contributed by atoms with van der Waals surface area (Å²) >= 11 is 0. The fourth-order valence-corrected chi connectivity index (χ4v) is 2.65. The first-order valence-electron chi connectivity index (χ1n) is 8.73. The molecule has 28 heavy (non-hydrogen) atoms. The maximum atomic E-state index is 12.3. The fourth-order valence-electron chi connectivity index (χ4n) is 2.65. The van der Waals surface area contributed by atoms with Crippen molar-refractivity contribution in [2.45, 2.75) is 26.9 Å². The summed E-state index contributed by atoms with van der Waals surface area (Å²) in [5.41, 5.74) is 1.19. The lowest BCUT2D eigenvalue weighted by atomic mass is 10.3. The number of aromatic nitrogens is 6. The summed E-state index contributed by atoms with van der Waals surface area (Å²) in [6.07, 6.45) is 2.98. The van der Waals surface area contributed by atoms with Gasteiger partial charge in [0.05, 0.1) is 12.9 Å². The zero-order valence-electron chi connectivity index (χ0n) is 15.9. The normalized spacial score (nSPS) is 10.8. The Kier molecular flexibility index (Phi) is 5.48. The molecule has 0 unspecified atom stereocenters. The molecule has 10 heteroatoms. The van der Waals surface area contributed by atoms with E-state index >= 15 is 0 Å². The number of hydrogen-bond donors (Lipinski definition) is 1. The van der Waals surface area contributed by atoms with Crippen molar-refractivity contribution in [1.29, 1.82) is 0 Å². The van der Waals surface area contributed by atoms with E-state index in [9.17, 15) is 14.4 Å². The van der Waals surface area contributed by atoms with Gasteiger partial charge < -0.3 is 5.32 Å². The minimum Gasteiger partial charge on any atom is -0.353 e. The van der Waals surface area contributed by atoms with Crippen molar-refractivity contribution in [2.24, 2.45) is 7.05 Å². The van der Waals surface area contributed by atoms with Gasteiger partial charge in [-0.05, 0) is 26.0 Å². The minimum atomic E-state index is -0.346. The SMILES string of the molecule is Cc1ncn(CC(=O)NCCn2nc(-c3ccccn3)n(C)c2=O)c(=O)c1C. The Labute approximate surface area is 160 Å². The van der Waals surface area contributed by atoms with E-state index in [0.29, 0.717) is 22.8 Å². The van der Waals surface area contributed by atoms with Crippen LogP contribution in [0.1, 0.15) is 11.3 Å². The van der Waals surface area contributed by atoms with Crippen molar-refractivity contribution >= 4 is 5.91 Å². The van der Waals surface area contributed by atoms with Gasteiger partial charge >= 0.3 is 5.69 Å². The summed E-state index contributed by atoms with van der Waals surface area (Å²) in [6.45, 7) is 3.68. The van der Waals surface area contributed by atoms with E-state index in [1.165, 1.54) is 20.1 Å². The number of carbonyl (C=O) groups is 1. The molecule has 0 fully saturated rings. The van der Waals surface area contributed by atoms with Crippen LogP contribution in [0, 0.1) is 13.8 Å². The van der Waals surface area contributed by atoms with E-state index in [4.69, 9.17) is 0 Å². The molecule has 146 valence electrons. The predicted molar refractivity (Wildman–Crippen MR) is 102 cm³/mol. The molecule has 0 spiro atoms. The molecule has 0 saturated carbocycles. The van der Waals surface area contributed by atoms with Crippen LogP contribution in [0.4, 0.5) is 0 Å². The van der Waals surface area contributed by atoms with Gasteiger partial charge in [-0.15, -0.1) is 5.10 Å². The monoisotopic (exact) mass is 383 g/mol. The van der Waals surface area contributed by atoms with Crippen LogP contribution in [0.3, 0.4) is 0 Å². The zero-order chi connectivity index (χ0) is 20.3. The van der Waals surface area contributed by atoms with E-state index in [2.05, 4.69) is 20.4 Å². The van der Waals surface area contributed by atoms with Crippen molar-refractivity contribution in [2.75, 3.05) is 6.54 Å². The van der Waals surface area contributed by atoms with E-state index in [1.807, 2.05) is 6.07 Å². The van der Waals surface area contributed by atoms with Gasteiger partial charge in [-0.3, -0.25) is 23.7 Å². The van der Waals surface area contributed by atoms with Crippen molar-refractivity contribution in [3.8, 4) is 11.5 Å². The smallest absolute Gasteiger partial charge is 0.346 e. The Morgan fingerprint density at radius 2 is 1.96 bits per heavy atom. The highest BCUT2D eigenvalue weighted by Crippen LogP contribution is 2.10. The predicted octanol–water partition coefficient (Wildman–Crippen LogP) is -0.366. The molecule has 0 aliphatic carbocycles. The Bertz CT molecular complexity index is 1110. The first kappa shape index (κ1) is 19.2. The Hall–Kier alpha value is -3.56. The van der Waals surface area contributed by atoms with Gasteiger partial charge in [0, 0.05) is 31.0 Å². The summed E-state index contributed by atoms with van der Waals surface area (Å²) in [6, 6.07) is 5.36. The molecule has 3 aromatic heterocycles. The summed E-state index contributed by atoms with van der Waals surface area (Å²) in [5, 5.41) is 6.97. The largest absolute Gasteiger partial charge is 0.353 e. The summed E-state index contributed by atoms with van der Waals surface area (Å²) in [5.74, 6) is 0.103. The lowest BCUT2D eigenvalue weighted by Crippen LogP contribution is -2.36. The van der Waals surface area contributed by atoms with Crippen LogP contribution in [-0.4, -0.2) is 41.3 Å². The highest BCUT2D eigenvalue weighted by molar-refractivity contribution is 5.75. The third kappa shape index (κ3) is 3.90. The molecule has 0 atom stereocenters. The van der Waals surface area contributed by atoms with Crippen LogP contribution in [0.25, 0.3) is 11.5 Å². The second-order valence-electron chi connectivity index (χ2n) is 6.34. The topological polar surface area (TPSA) is 117 Å². The van der Waals surface area contributed by atoms with Gasteiger partial charge in [0.1, 0.15) is 12.2 Å². The summed E-state index contributed by atoms with van der Waals surface area (Å²) < 4.78 is 3.93. The lowest BCUT2D eigenvalue weighted by Gasteiger charge is -2.08. The fraction of sp³-hybridized carbons (Fsp3) is 0.333. The summed E-state index contributed by atoms with van der Waals surface area (Å²) in [4.78, 5) is 44.8. The average molecular weight is 383 g/mol. The second kappa shape index (κ2) is 7.99. The quantitative estimate of drug-likeness (QED) is 0.621. The Morgan fingerprint density at radius 3 is 2.68 bits per heavy atom. The first-order valence-corrected chi connectivity index (χ1v) is 8.73. The van der Waals surface area contributed by atoms with Gasteiger partial charge in [-0.25, -0.2) is 14.5 Å². The Balaban J connectivity index is 1.63. The molecule has 0 bridgehead atoms.